The Morgan fingerprint density at radius 2 is 2.00 bits per heavy atom. The quantitative estimate of drug-likeness (QED) is 0.849. The molecule has 2 aromatic heterocycles. The van der Waals surface area contributed by atoms with Crippen LogP contribution in [0.3, 0.4) is 0 Å². The maximum absolute atomic E-state index is 4.47. The van der Waals surface area contributed by atoms with Crippen molar-refractivity contribution in [2.24, 2.45) is 0 Å². The van der Waals surface area contributed by atoms with Gasteiger partial charge < -0.3 is 4.98 Å². The zero-order valence-electron chi connectivity index (χ0n) is 11.7. The van der Waals surface area contributed by atoms with Gasteiger partial charge in [-0.15, -0.1) is 0 Å². The Morgan fingerprint density at radius 3 is 2.67 bits per heavy atom. The van der Waals surface area contributed by atoms with Crippen molar-refractivity contribution < 1.29 is 0 Å². The molecule has 0 bridgehead atoms. The normalized spacial score (nSPS) is 12.0. The fourth-order valence-corrected chi connectivity index (χ4v) is 2.05. The number of aryl methyl sites for hydroxylation is 1. The van der Waals surface area contributed by atoms with E-state index in [0.717, 1.165) is 36.3 Å². The molecule has 0 saturated heterocycles. The lowest BCUT2D eigenvalue weighted by molar-refractivity contribution is 0.490. The van der Waals surface area contributed by atoms with Crippen LogP contribution in [-0.2, 0) is 11.8 Å². The lowest BCUT2D eigenvalue weighted by Crippen LogP contribution is -2.17. The molecule has 0 fully saturated rings. The predicted octanol–water partition coefficient (Wildman–Crippen LogP) is 3.44. The third-order valence-corrected chi connectivity index (χ3v) is 3.60. The first kappa shape index (κ1) is 12.9. The van der Waals surface area contributed by atoms with Crippen LogP contribution < -0.4 is 0 Å². The highest BCUT2D eigenvalue weighted by Gasteiger charge is 2.25. The van der Waals surface area contributed by atoms with E-state index in [1.54, 1.807) is 0 Å². The summed E-state index contributed by atoms with van der Waals surface area (Å²) in [5.74, 6) is 0.920. The summed E-state index contributed by atoms with van der Waals surface area (Å²) in [6.07, 6.45) is 7.01. The van der Waals surface area contributed by atoms with Gasteiger partial charge in [0.2, 0.25) is 0 Å². The molecule has 98 valence electrons. The molecule has 0 aromatic carbocycles. The molecule has 0 saturated carbocycles. The number of aromatic amines is 2. The van der Waals surface area contributed by atoms with Crippen LogP contribution in [0, 0.1) is 0 Å². The summed E-state index contributed by atoms with van der Waals surface area (Å²) in [7, 11) is 0. The van der Waals surface area contributed by atoms with Crippen molar-refractivity contribution in [3.8, 4) is 11.4 Å². The molecule has 2 rings (SSSR count). The van der Waals surface area contributed by atoms with Crippen molar-refractivity contribution in [2.45, 2.75) is 52.4 Å². The Bertz CT molecular complexity index is 507. The zero-order chi connectivity index (χ0) is 13.2. The van der Waals surface area contributed by atoms with E-state index in [-0.39, 0.29) is 5.41 Å². The molecule has 2 heterocycles. The van der Waals surface area contributed by atoms with Gasteiger partial charge in [-0.1, -0.05) is 34.1 Å². The first-order valence-corrected chi connectivity index (χ1v) is 6.66. The van der Waals surface area contributed by atoms with Crippen molar-refractivity contribution in [1.82, 2.24) is 20.2 Å². The molecule has 4 heteroatoms. The van der Waals surface area contributed by atoms with Gasteiger partial charge in [-0.3, -0.25) is 5.10 Å². The van der Waals surface area contributed by atoms with Gasteiger partial charge in [0, 0.05) is 17.3 Å². The van der Waals surface area contributed by atoms with E-state index in [4.69, 9.17) is 0 Å². The van der Waals surface area contributed by atoms with E-state index in [0.29, 0.717) is 0 Å². The summed E-state index contributed by atoms with van der Waals surface area (Å²) >= 11 is 0. The van der Waals surface area contributed by atoms with Gasteiger partial charge >= 0.3 is 0 Å². The number of rotatable bonds is 5. The zero-order valence-corrected chi connectivity index (χ0v) is 11.7. The van der Waals surface area contributed by atoms with Crippen LogP contribution in [0.5, 0.6) is 0 Å². The van der Waals surface area contributed by atoms with Crippen molar-refractivity contribution in [3.05, 3.63) is 23.8 Å². The molecular weight excluding hydrogens is 224 g/mol. The molecule has 0 unspecified atom stereocenters. The third-order valence-electron chi connectivity index (χ3n) is 3.60. The fourth-order valence-electron chi connectivity index (χ4n) is 2.05. The maximum Gasteiger partial charge on any atom is 0.140 e. The number of imidazole rings is 1. The summed E-state index contributed by atoms with van der Waals surface area (Å²) in [6.45, 7) is 8.80. The predicted molar refractivity (Wildman–Crippen MR) is 73.5 cm³/mol. The van der Waals surface area contributed by atoms with Crippen LogP contribution >= 0.6 is 0 Å². The van der Waals surface area contributed by atoms with Crippen LogP contribution in [0.2, 0.25) is 0 Å². The molecule has 4 nitrogen and oxygen atoms in total. The first-order chi connectivity index (χ1) is 8.58. The van der Waals surface area contributed by atoms with Crippen LogP contribution in [0.15, 0.2) is 12.4 Å². The van der Waals surface area contributed by atoms with Crippen LogP contribution in [0.25, 0.3) is 11.4 Å². The second-order valence-electron chi connectivity index (χ2n) is 5.40. The monoisotopic (exact) mass is 246 g/mol. The van der Waals surface area contributed by atoms with E-state index in [2.05, 4.69) is 47.9 Å². The topological polar surface area (TPSA) is 57.4 Å². The summed E-state index contributed by atoms with van der Waals surface area (Å²) < 4.78 is 0. The number of aromatic nitrogens is 4. The van der Waals surface area contributed by atoms with E-state index >= 15 is 0 Å². The van der Waals surface area contributed by atoms with E-state index in [1.165, 1.54) is 5.69 Å². The highest BCUT2D eigenvalue weighted by molar-refractivity contribution is 5.59. The molecular formula is C14H22N4. The number of H-pyrrole nitrogens is 2. The molecule has 0 radical (unpaired) electrons. The summed E-state index contributed by atoms with van der Waals surface area (Å²) in [4.78, 5) is 7.85. The van der Waals surface area contributed by atoms with Crippen molar-refractivity contribution in [2.75, 3.05) is 0 Å². The van der Waals surface area contributed by atoms with E-state index < -0.39 is 0 Å². The number of hydrogen-bond acceptors (Lipinski definition) is 2. The number of nitrogens with zero attached hydrogens (tertiary/aromatic N) is 2. The average Bonchev–Trinajstić information content (AvgIpc) is 2.96. The minimum atomic E-state index is 0.0868. The molecule has 0 aliphatic heterocycles. The minimum Gasteiger partial charge on any atom is -0.342 e. The fraction of sp³-hybridized carbons (Fsp3) is 0.571. The molecule has 0 spiro atoms. The van der Waals surface area contributed by atoms with Crippen molar-refractivity contribution >= 4 is 0 Å². The molecule has 0 aliphatic rings. The average molecular weight is 246 g/mol. The maximum atomic E-state index is 4.47. The van der Waals surface area contributed by atoms with Gasteiger partial charge in [0.05, 0.1) is 17.5 Å². The van der Waals surface area contributed by atoms with Crippen LogP contribution in [0.4, 0.5) is 0 Å². The van der Waals surface area contributed by atoms with E-state index in [9.17, 15) is 0 Å². The largest absolute Gasteiger partial charge is 0.342 e. The van der Waals surface area contributed by atoms with Gasteiger partial charge in [0.25, 0.3) is 0 Å². The first-order valence-electron chi connectivity index (χ1n) is 6.66. The molecule has 0 aliphatic carbocycles. The standard InChI is InChI=1S/C14H22N4/c1-5-7-10-8-15-13(17-10)11-9-16-18-12(11)14(3,4)6-2/h8-9H,5-7H2,1-4H3,(H,15,17)(H,16,18). The highest BCUT2D eigenvalue weighted by Crippen LogP contribution is 2.32. The lowest BCUT2D eigenvalue weighted by atomic mass is 9.84. The van der Waals surface area contributed by atoms with Gasteiger partial charge in [0.15, 0.2) is 0 Å². The Balaban J connectivity index is 2.36. The van der Waals surface area contributed by atoms with Gasteiger partial charge in [-0.2, -0.15) is 5.10 Å². The third kappa shape index (κ3) is 2.33. The summed E-state index contributed by atoms with van der Waals surface area (Å²) in [5.41, 5.74) is 3.52. The Kier molecular flexibility index (Phi) is 3.55. The van der Waals surface area contributed by atoms with Gasteiger partial charge in [-0.05, 0) is 12.8 Å². The summed E-state index contributed by atoms with van der Waals surface area (Å²) in [5, 5.41) is 7.31. The lowest BCUT2D eigenvalue weighted by Gasteiger charge is -2.21. The summed E-state index contributed by atoms with van der Waals surface area (Å²) in [6, 6.07) is 0. The minimum absolute atomic E-state index is 0.0868. The smallest absolute Gasteiger partial charge is 0.140 e. The Morgan fingerprint density at radius 1 is 1.22 bits per heavy atom. The molecule has 0 amide bonds. The van der Waals surface area contributed by atoms with Crippen LogP contribution in [0.1, 0.15) is 51.9 Å². The number of hydrogen-bond donors (Lipinski definition) is 2. The van der Waals surface area contributed by atoms with Crippen LogP contribution in [-0.4, -0.2) is 20.2 Å². The van der Waals surface area contributed by atoms with Gasteiger partial charge in [0.1, 0.15) is 5.82 Å². The van der Waals surface area contributed by atoms with Gasteiger partial charge in [-0.25, -0.2) is 4.98 Å². The Labute approximate surface area is 108 Å². The molecule has 18 heavy (non-hydrogen) atoms. The SMILES string of the molecule is CCCc1cnc(-c2cn[nH]c2C(C)(C)CC)[nH]1. The highest BCUT2D eigenvalue weighted by atomic mass is 15.1. The van der Waals surface area contributed by atoms with E-state index in [1.807, 2.05) is 12.4 Å². The van der Waals surface area contributed by atoms with Crippen molar-refractivity contribution in [3.63, 3.8) is 0 Å². The van der Waals surface area contributed by atoms with Crippen molar-refractivity contribution in [1.29, 1.82) is 0 Å². The molecule has 2 aromatic rings. The number of nitrogens with one attached hydrogen (secondary N) is 2. The Hall–Kier alpha value is -1.58. The molecule has 0 atom stereocenters. The molecule has 2 N–H and O–H groups in total. The second-order valence-corrected chi connectivity index (χ2v) is 5.40. The second kappa shape index (κ2) is 4.96.